The number of isocyanates is 1. The van der Waals surface area contributed by atoms with E-state index in [9.17, 15) is 4.79 Å². The molecule has 0 aromatic heterocycles. The van der Waals surface area contributed by atoms with Crippen molar-refractivity contribution < 1.29 is 4.79 Å². The van der Waals surface area contributed by atoms with Crippen LogP contribution in [0.3, 0.4) is 0 Å². The third-order valence-corrected chi connectivity index (χ3v) is 2.34. The Morgan fingerprint density at radius 2 is 2.00 bits per heavy atom. The summed E-state index contributed by atoms with van der Waals surface area (Å²) in [7, 11) is 0. The molecule has 1 aliphatic rings. The van der Waals surface area contributed by atoms with Crippen LogP contribution < -0.4 is 0 Å². The Morgan fingerprint density at radius 1 is 1.19 bits per heavy atom. The number of benzene rings is 1. The maximum absolute atomic E-state index is 10.1. The van der Waals surface area contributed by atoms with Crippen LogP contribution in [0.15, 0.2) is 64.8 Å². The van der Waals surface area contributed by atoms with Crippen molar-refractivity contribution in [2.24, 2.45) is 4.99 Å². The predicted molar refractivity (Wildman–Crippen MR) is 64.4 cm³/mol. The zero-order valence-corrected chi connectivity index (χ0v) is 8.76. The second-order valence-electron chi connectivity index (χ2n) is 3.50. The van der Waals surface area contributed by atoms with Crippen LogP contribution >= 0.6 is 0 Å². The van der Waals surface area contributed by atoms with Crippen LogP contribution in [0.2, 0.25) is 0 Å². The van der Waals surface area contributed by atoms with Gasteiger partial charge in [-0.15, -0.1) is 0 Å². The van der Waals surface area contributed by atoms with Gasteiger partial charge in [0.25, 0.3) is 0 Å². The first-order valence-corrected chi connectivity index (χ1v) is 5.10. The molecule has 0 atom stereocenters. The number of allylic oxidation sites excluding steroid dienone is 4. The molecule has 0 saturated carbocycles. The smallest absolute Gasteiger partial charge is 0.211 e. The van der Waals surface area contributed by atoms with Crippen molar-refractivity contribution in [2.75, 3.05) is 0 Å². The molecule has 0 aliphatic heterocycles. The molecule has 1 aromatic rings. The minimum absolute atomic E-state index is 0.681. The molecule has 0 unspecified atom stereocenters. The van der Waals surface area contributed by atoms with Crippen LogP contribution in [0.25, 0.3) is 6.08 Å². The molecule has 2 rings (SSSR count). The monoisotopic (exact) mass is 209 g/mol. The van der Waals surface area contributed by atoms with E-state index in [0.29, 0.717) is 5.70 Å². The van der Waals surface area contributed by atoms with Gasteiger partial charge in [-0.25, -0.2) is 4.79 Å². The first kappa shape index (κ1) is 10.3. The third kappa shape index (κ3) is 2.66. The number of carbonyl (C=O) groups excluding carboxylic acids is 1. The lowest BCUT2D eigenvalue weighted by Gasteiger charge is -2.04. The van der Waals surface area contributed by atoms with Crippen molar-refractivity contribution in [1.82, 2.24) is 0 Å². The fourth-order valence-electron chi connectivity index (χ4n) is 1.56. The van der Waals surface area contributed by atoms with Crippen LogP contribution in [-0.4, -0.2) is 6.08 Å². The fraction of sp³-hybridized carbons (Fsp3) is 0.0714. The molecule has 0 fully saturated rings. The Hall–Kier alpha value is -2.18. The molecule has 2 heteroatoms. The highest BCUT2D eigenvalue weighted by Crippen LogP contribution is 2.18. The summed E-state index contributed by atoms with van der Waals surface area (Å²) in [6.07, 6.45) is 10.2. The SMILES string of the molecule is O=C=NC1=CCC(=Cc2ccccc2)C=C1. The van der Waals surface area contributed by atoms with Crippen molar-refractivity contribution in [2.45, 2.75) is 6.42 Å². The predicted octanol–water partition coefficient (Wildman–Crippen LogP) is 3.25. The van der Waals surface area contributed by atoms with E-state index in [4.69, 9.17) is 0 Å². The molecule has 0 spiro atoms. The van der Waals surface area contributed by atoms with Crippen molar-refractivity contribution in [3.63, 3.8) is 0 Å². The molecule has 0 radical (unpaired) electrons. The van der Waals surface area contributed by atoms with Crippen molar-refractivity contribution in [3.05, 3.63) is 65.4 Å². The normalized spacial score (nSPS) is 16.8. The Bertz CT molecular complexity index is 503. The van der Waals surface area contributed by atoms with Gasteiger partial charge >= 0.3 is 0 Å². The average molecular weight is 209 g/mol. The van der Waals surface area contributed by atoms with E-state index in [1.54, 1.807) is 0 Å². The summed E-state index contributed by atoms with van der Waals surface area (Å²) < 4.78 is 0. The highest BCUT2D eigenvalue weighted by molar-refractivity contribution is 5.58. The minimum Gasteiger partial charge on any atom is -0.211 e. The molecule has 0 amide bonds. The Morgan fingerprint density at radius 3 is 2.62 bits per heavy atom. The minimum atomic E-state index is 0.681. The van der Waals surface area contributed by atoms with Gasteiger partial charge < -0.3 is 0 Å². The van der Waals surface area contributed by atoms with Gasteiger partial charge in [0.05, 0.1) is 5.70 Å². The molecular formula is C14H11NO. The third-order valence-electron chi connectivity index (χ3n) is 2.34. The Kier molecular flexibility index (Phi) is 3.27. The van der Waals surface area contributed by atoms with Crippen molar-refractivity contribution in [3.8, 4) is 0 Å². The molecule has 0 bridgehead atoms. The van der Waals surface area contributed by atoms with Crippen LogP contribution in [0, 0.1) is 0 Å². The first-order valence-electron chi connectivity index (χ1n) is 5.10. The number of hydrogen-bond donors (Lipinski definition) is 0. The number of rotatable bonds is 2. The number of nitrogens with zero attached hydrogens (tertiary/aromatic N) is 1. The summed E-state index contributed by atoms with van der Waals surface area (Å²) in [6, 6.07) is 10.1. The summed E-state index contributed by atoms with van der Waals surface area (Å²) in [5.41, 5.74) is 3.06. The van der Waals surface area contributed by atoms with E-state index in [1.165, 1.54) is 17.2 Å². The maximum Gasteiger partial charge on any atom is 0.240 e. The van der Waals surface area contributed by atoms with Crippen molar-refractivity contribution >= 4 is 12.2 Å². The zero-order valence-electron chi connectivity index (χ0n) is 8.76. The van der Waals surface area contributed by atoms with Gasteiger partial charge in [0.1, 0.15) is 0 Å². The van der Waals surface area contributed by atoms with Gasteiger partial charge in [-0.05, 0) is 23.6 Å². The van der Waals surface area contributed by atoms with E-state index < -0.39 is 0 Å². The molecule has 1 aromatic carbocycles. The molecule has 2 nitrogen and oxygen atoms in total. The topological polar surface area (TPSA) is 29.4 Å². The standard InChI is InChI=1S/C14H11NO/c16-11-15-14-8-6-13(7-9-14)10-12-4-2-1-3-5-12/h1-6,8-10H,7H2. The first-order chi connectivity index (χ1) is 7.88. The lowest BCUT2D eigenvalue weighted by atomic mass is 10.0. The fourth-order valence-corrected chi connectivity index (χ4v) is 1.56. The molecule has 0 saturated heterocycles. The van der Waals surface area contributed by atoms with E-state index in [2.05, 4.69) is 23.2 Å². The van der Waals surface area contributed by atoms with E-state index in [-0.39, 0.29) is 0 Å². The van der Waals surface area contributed by atoms with Gasteiger partial charge in [-0.3, -0.25) is 0 Å². The lowest BCUT2D eigenvalue weighted by molar-refractivity contribution is 0.565. The maximum atomic E-state index is 10.1. The van der Waals surface area contributed by atoms with Crippen LogP contribution in [0.4, 0.5) is 0 Å². The number of hydrogen-bond acceptors (Lipinski definition) is 2. The van der Waals surface area contributed by atoms with E-state index in [0.717, 1.165) is 6.42 Å². The summed E-state index contributed by atoms with van der Waals surface area (Å²) in [4.78, 5) is 13.6. The van der Waals surface area contributed by atoms with Gasteiger partial charge in [0.2, 0.25) is 6.08 Å². The van der Waals surface area contributed by atoms with Gasteiger partial charge in [-0.1, -0.05) is 48.6 Å². The van der Waals surface area contributed by atoms with Crippen LogP contribution in [-0.2, 0) is 4.79 Å². The van der Waals surface area contributed by atoms with Gasteiger partial charge in [0, 0.05) is 0 Å². The molecular weight excluding hydrogens is 198 g/mol. The molecule has 16 heavy (non-hydrogen) atoms. The molecule has 0 heterocycles. The highest BCUT2D eigenvalue weighted by Gasteiger charge is 1.99. The summed E-state index contributed by atoms with van der Waals surface area (Å²) >= 11 is 0. The quantitative estimate of drug-likeness (QED) is 0.543. The van der Waals surface area contributed by atoms with Crippen LogP contribution in [0.5, 0.6) is 0 Å². The molecule has 78 valence electrons. The number of aliphatic imine (C=N–C) groups is 1. The summed E-state index contributed by atoms with van der Waals surface area (Å²) in [5.74, 6) is 0. The second kappa shape index (κ2) is 5.06. The van der Waals surface area contributed by atoms with Crippen LogP contribution in [0.1, 0.15) is 12.0 Å². The lowest BCUT2D eigenvalue weighted by Crippen LogP contribution is -1.85. The van der Waals surface area contributed by atoms with Gasteiger partial charge in [-0.2, -0.15) is 4.99 Å². The molecule has 0 N–H and O–H groups in total. The second-order valence-corrected chi connectivity index (χ2v) is 3.50. The molecule has 1 aliphatic carbocycles. The Balaban J connectivity index is 2.14. The van der Waals surface area contributed by atoms with E-state index >= 15 is 0 Å². The zero-order chi connectivity index (χ0) is 11.2. The van der Waals surface area contributed by atoms with E-state index in [1.807, 2.05) is 36.4 Å². The highest BCUT2D eigenvalue weighted by atomic mass is 16.1. The van der Waals surface area contributed by atoms with Crippen molar-refractivity contribution in [1.29, 1.82) is 0 Å². The average Bonchev–Trinajstić information content (AvgIpc) is 2.33. The summed E-state index contributed by atoms with van der Waals surface area (Å²) in [6.45, 7) is 0. The Labute approximate surface area is 94.3 Å². The summed E-state index contributed by atoms with van der Waals surface area (Å²) in [5, 5.41) is 0. The van der Waals surface area contributed by atoms with Gasteiger partial charge in [0.15, 0.2) is 0 Å². The largest absolute Gasteiger partial charge is 0.240 e.